The van der Waals surface area contributed by atoms with Crippen molar-refractivity contribution in [2.24, 2.45) is 0 Å². The number of carbonyl (C=O) groups is 1. The molecule has 7 nitrogen and oxygen atoms in total. The molecule has 0 saturated carbocycles. The molecule has 2 aromatic heterocycles. The van der Waals surface area contributed by atoms with Crippen LogP contribution in [0, 0.1) is 0 Å². The van der Waals surface area contributed by atoms with Crippen molar-refractivity contribution in [3.05, 3.63) is 67.0 Å². The van der Waals surface area contributed by atoms with Gasteiger partial charge in [-0.2, -0.15) is 4.98 Å². The van der Waals surface area contributed by atoms with E-state index >= 15 is 0 Å². The second kappa shape index (κ2) is 7.55. The predicted molar refractivity (Wildman–Crippen MR) is 112 cm³/mol. The van der Waals surface area contributed by atoms with E-state index in [0.29, 0.717) is 30.3 Å². The fourth-order valence-electron chi connectivity index (χ4n) is 3.52. The molecule has 1 unspecified atom stereocenters. The monoisotopic (exact) mass is 402 g/mol. The maximum Gasteiger partial charge on any atom is 0.321 e. The third kappa shape index (κ3) is 3.59. The standard InChI is InChI=1S/C22H19FN6O/c23-18-9-10-28(14-18)22(30)25-19-8-4-7-16(11-19)20-26-21-24-12-17(13-29(21)27-20)15-5-2-1-3-6-15/h1-8,11-13,18H,9-10,14H2,(H,25,30). The van der Waals surface area contributed by atoms with Crippen LogP contribution in [0.3, 0.4) is 0 Å². The van der Waals surface area contributed by atoms with Gasteiger partial charge in [-0.05, 0) is 24.1 Å². The molecule has 3 heterocycles. The lowest BCUT2D eigenvalue weighted by atomic mass is 10.1. The molecule has 1 saturated heterocycles. The van der Waals surface area contributed by atoms with E-state index in [1.54, 1.807) is 22.8 Å². The highest BCUT2D eigenvalue weighted by atomic mass is 19.1. The van der Waals surface area contributed by atoms with E-state index in [0.717, 1.165) is 16.7 Å². The first-order chi connectivity index (χ1) is 14.7. The Morgan fingerprint density at radius 2 is 1.90 bits per heavy atom. The summed E-state index contributed by atoms with van der Waals surface area (Å²) < 4.78 is 15.0. The van der Waals surface area contributed by atoms with E-state index in [2.05, 4.69) is 20.4 Å². The number of anilines is 1. The molecular formula is C22H19FN6O. The molecule has 30 heavy (non-hydrogen) atoms. The van der Waals surface area contributed by atoms with Crippen LogP contribution in [-0.2, 0) is 0 Å². The molecule has 4 aromatic rings. The maximum absolute atomic E-state index is 13.3. The Labute approximate surface area is 172 Å². The number of halogens is 1. The van der Waals surface area contributed by atoms with Gasteiger partial charge in [0, 0.05) is 35.8 Å². The SMILES string of the molecule is O=C(Nc1cccc(-c2nc3ncc(-c4ccccc4)cn3n2)c1)N1CCC(F)C1. The Morgan fingerprint density at radius 1 is 1.07 bits per heavy atom. The van der Waals surface area contributed by atoms with E-state index in [4.69, 9.17) is 0 Å². The summed E-state index contributed by atoms with van der Waals surface area (Å²) in [6, 6.07) is 16.9. The van der Waals surface area contributed by atoms with Crippen LogP contribution in [-0.4, -0.2) is 49.8 Å². The lowest BCUT2D eigenvalue weighted by Gasteiger charge is -2.16. The van der Waals surface area contributed by atoms with Crippen LogP contribution in [0.25, 0.3) is 28.3 Å². The summed E-state index contributed by atoms with van der Waals surface area (Å²) in [5.74, 6) is 0.999. The summed E-state index contributed by atoms with van der Waals surface area (Å²) in [6.07, 6.45) is 3.10. The fourth-order valence-corrected chi connectivity index (χ4v) is 3.52. The number of rotatable bonds is 3. The molecule has 1 fully saturated rings. The highest BCUT2D eigenvalue weighted by Crippen LogP contribution is 2.23. The second-order valence-corrected chi connectivity index (χ2v) is 7.23. The van der Waals surface area contributed by atoms with Crippen LogP contribution >= 0.6 is 0 Å². The molecule has 0 radical (unpaired) electrons. The van der Waals surface area contributed by atoms with E-state index in [-0.39, 0.29) is 12.6 Å². The van der Waals surface area contributed by atoms with Crippen molar-refractivity contribution >= 4 is 17.5 Å². The quantitative estimate of drug-likeness (QED) is 0.561. The Kier molecular flexibility index (Phi) is 4.59. The normalized spacial score (nSPS) is 16.2. The van der Waals surface area contributed by atoms with Gasteiger partial charge in [0.05, 0.1) is 6.54 Å². The van der Waals surface area contributed by atoms with Crippen molar-refractivity contribution in [2.75, 3.05) is 18.4 Å². The number of fused-ring (bicyclic) bond motifs is 1. The van der Waals surface area contributed by atoms with Gasteiger partial charge in [0.1, 0.15) is 6.17 Å². The van der Waals surface area contributed by atoms with E-state index in [9.17, 15) is 9.18 Å². The summed E-state index contributed by atoms with van der Waals surface area (Å²) in [7, 11) is 0. The highest BCUT2D eigenvalue weighted by molar-refractivity contribution is 5.90. The van der Waals surface area contributed by atoms with Crippen LogP contribution < -0.4 is 5.32 Å². The van der Waals surface area contributed by atoms with E-state index < -0.39 is 6.17 Å². The molecule has 1 aliphatic rings. The van der Waals surface area contributed by atoms with Crippen molar-refractivity contribution < 1.29 is 9.18 Å². The van der Waals surface area contributed by atoms with Crippen molar-refractivity contribution in [1.82, 2.24) is 24.5 Å². The zero-order valence-corrected chi connectivity index (χ0v) is 16.1. The second-order valence-electron chi connectivity index (χ2n) is 7.23. The third-order valence-corrected chi connectivity index (χ3v) is 5.09. The molecular weight excluding hydrogens is 383 g/mol. The van der Waals surface area contributed by atoms with Crippen molar-refractivity contribution in [1.29, 1.82) is 0 Å². The Balaban J connectivity index is 1.40. The zero-order chi connectivity index (χ0) is 20.5. The van der Waals surface area contributed by atoms with Gasteiger partial charge in [-0.3, -0.25) is 0 Å². The number of nitrogens with zero attached hydrogens (tertiary/aromatic N) is 5. The van der Waals surface area contributed by atoms with E-state index in [1.807, 2.05) is 48.7 Å². The molecule has 1 aliphatic heterocycles. The Bertz CT molecular complexity index is 1210. The van der Waals surface area contributed by atoms with Crippen LogP contribution in [0.4, 0.5) is 14.9 Å². The number of carbonyl (C=O) groups excluding carboxylic acids is 1. The molecule has 1 atom stereocenters. The predicted octanol–water partition coefficient (Wildman–Crippen LogP) is 4.03. The first kappa shape index (κ1) is 18.2. The smallest absolute Gasteiger partial charge is 0.321 e. The van der Waals surface area contributed by atoms with Crippen molar-refractivity contribution in [2.45, 2.75) is 12.6 Å². The number of urea groups is 1. The third-order valence-electron chi connectivity index (χ3n) is 5.09. The minimum Gasteiger partial charge on any atom is -0.322 e. The molecule has 0 aliphatic carbocycles. The fraction of sp³-hybridized carbons (Fsp3) is 0.182. The van der Waals surface area contributed by atoms with Crippen molar-refractivity contribution in [3.63, 3.8) is 0 Å². The molecule has 8 heteroatoms. The van der Waals surface area contributed by atoms with Crippen LogP contribution in [0.1, 0.15) is 6.42 Å². The molecule has 0 spiro atoms. The average Bonchev–Trinajstić information content (AvgIpc) is 3.40. The number of alkyl halides is 1. The van der Waals surface area contributed by atoms with Gasteiger partial charge >= 0.3 is 6.03 Å². The summed E-state index contributed by atoms with van der Waals surface area (Å²) >= 11 is 0. The van der Waals surface area contributed by atoms with Gasteiger partial charge in [0.25, 0.3) is 5.78 Å². The van der Waals surface area contributed by atoms with Crippen LogP contribution in [0.2, 0.25) is 0 Å². The van der Waals surface area contributed by atoms with Crippen molar-refractivity contribution in [3.8, 4) is 22.5 Å². The number of hydrogen-bond acceptors (Lipinski definition) is 4. The molecule has 0 bridgehead atoms. The lowest BCUT2D eigenvalue weighted by Crippen LogP contribution is -2.33. The maximum atomic E-state index is 13.3. The molecule has 1 N–H and O–H groups in total. The minimum atomic E-state index is -0.947. The van der Waals surface area contributed by atoms with E-state index in [1.165, 1.54) is 4.90 Å². The molecule has 150 valence electrons. The largest absolute Gasteiger partial charge is 0.322 e. The topological polar surface area (TPSA) is 75.4 Å². The van der Waals surface area contributed by atoms with Crippen LogP contribution in [0.5, 0.6) is 0 Å². The summed E-state index contributed by atoms with van der Waals surface area (Å²) in [5.41, 5.74) is 3.35. The summed E-state index contributed by atoms with van der Waals surface area (Å²) in [6.45, 7) is 0.561. The van der Waals surface area contributed by atoms with Gasteiger partial charge in [-0.1, -0.05) is 42.5 Å². The first-order valence-corrected chi connectivity index (χ1v) is 9.74. The number of hydrogen-bond donors (Lipinski definition) is 1. The summed E-state index contributed by atoms with van der Waals surface area (Å²) in [5, 5.41) is 7.37. The van der Waals surface area contributed by atoms with Gasteiger partial charge in [0.15, 0.2) is 5.82 Å². The molecule has 2 amide bonds. The highest BCUT2D eigenvalue weighted by Gasteiger charge is 2.25. The molecule has 2 aromatic carbocycles. The number of aromatic nitrogens is 4. The Morgan fingerprint density at radius 3 is 2.70 bits per heavy atom. The average molecular weight is 402 g/mol. The number of amides is 2. The summed E-state index contributed by atoms with van der Waals surface area (Å²) in [4.78, 5) is 22.7. The number of nitrogens with one attached hydrogen (secondary N) is 1. The Hall–Kier alpha value is -3.81. The van der Waals surface area contributed by atoms with Gasteiger partial charge in [-0.25, -0.2) is 18.7 Å². The van der Waals surface area contributed by atoms with Crippen LogP contribution in [0.15, 0.2) is 67.0 Å². The minimum absolute atomic E-state index is 0.134. The first-order valence-electron chi connectivity index (χ1n) is 9.74. The molecule has 5 rings (SSSR count). The zero-order valence-electron chi connectivity index (χ0n) is 16.1. The van der Waals surface area contributed by atoms with Gasteiger partial charge in [0.2, 0.25) is 0 Å². The number of likely N-dealkylation sites (tertiary alicyclic amines) is 1. The van der Waals surface area contributed by atoms with Gasteiger partial charge in [-0.15, -0.1) is 5.10 Å². The number of benzene rings is 2. The van der Waals surface area contributed by atoms with Gasteiger partial charge < -0.3 is 10.2 Å². The lowest BCUT2D eigenvalue weighted by molar-refractivity contribution is 0.218.